The van der Waals surface area contributed by atoms with E-state index >= 15 is 0 Å². The zero-order valence-electron chi connectivity index (χ0n) is 16.7. The number of pyridine rings is 1. The van der Waals surface area contributed by atoms with Crippen molar-refractivity contribution in [1.29, 1.82) is 0 Å². The molecule has 2 aromatic heterocycles. The quantitative estimate of drug-likeness (QED) is 0.509. The molecule has 146 valence electrons. The molecule has 0 radical (unpaired) electrons. The lowest BCUT2D eigenvalue weighted by Crippen LogP contribution is -2.26. The van der Waals surface area contributed by atoms with E-state index in [1.807, 2.05) is 73.7 Å². The zero-order chi connectivity index (χ0) is 20.2. The minimum atomic E-state index is -0.0977. The number of carbonyl (C=O) groups excluding carboxylic acids is 1. The molecule has 5 nitrogen and oxygen atoms in total. The van der Waals surface area contributed by atoms with Crippen LogP contribution in [0, 0.1) is 0 Å². The van der Waals surface area contributed by atoms with Crippen molar-refractivity contribution in [3.8, 4) is 11.4 Å². The lowest BCUT2D eigenvalue weighted by molar-refractivity contribution is 0.0940. The molecule has 0 aliphatic rings. The molecule has 5 heteroatoms. The van der Waals surface area contributed by atoms with Gasteiger partial charge in [-0.3, -0.25) is 4.79 Å². The number of rotatable bonds is 6. The third-order valence-electron chi connectivity index (χ3n) is 4.98. The van der Waals surface area contributed by atoms with Crippen LogP contribution >= 0.6 is 0 Å². The summed E-state index contributed by atoms with van der Waals surface area (Å²) in [6.07, 6.45) is 2.76. The predicted molar refractivity (Wildman–Crippen MR) is 116 cm³/mol. The molecule has 2 heterocycles. The van der Waals surface area contributed by atoms with Crippen molar-refractivity contribution in [3.05, 3.63) is 84.1 Å². The summed E-state index contributed by atoms with van der Waals surface area (Å²) < 4.78 is 2.12. The first-order valence-electron chi connectivity index (χ1n) is 9.95. The number of hydrogen-bond acceptors (Lipinski definition) is 3. The summed E-state index contributed by atoms with van der Waals surface area (Å²) in [7, 11) is 0. The number of nitrogens with zero attached hydrogens (tertiary/aromatic N) is 3. The van der Waals surface area contributed by atoms with Crippen molar-refractivity contribution in [2.24, 2.45) is 0 Å². The molecule has 1 atom stereocenters. The molecule has 1 unspecified atom stereocenters. The monoisotopic (exact) mass is 384 g/mol. The minimum Gasteiger partial charge on any atom is -0.346 e. The third kappa shape index (κ3) is 3.90. The highest BCUT2D eigenvalue weighted by atomic mass is 16.1. The van der Waals surface area contributed by atoms with Crippen molar-refractivity contribution in [2.45, 2.75) is 32.9 Å². The number of carbonyl (C=O) groups is 1. The second-order valence-electron chi connectivity index (χ2n) is 7.12. The molecule has 0 saturated heterocycles. The lowest BCUT2D eigenvalue weighted by atomic mass is 10.1. The Bertz CT molecular complexity index is 1130. The van der Waals surface area contributed by atoms with Crippen molar-refractivity contribution in [1.82, 2.24) is 19.9 Å². The van der Waals surface area contributed by atoms with Gasteiger partial charge in [-0.2, -0.15) is 0 Å². The molecule has 1 amide bonds. The van der Waals surface area contributed by atoms with E-state index in [4.69, 9.17) is 4.98 Å². The van der Waals surface area contributed by atoms with Crippen molar-refractivity contribution in [2.75, 3.05) is 0 Å². The van der Waals surface area contributed by atoms with Crippen LogP contribution in [0.3, 0.4) is 0 Å². The van der Waals surface area contributed by atoms with E-state index in [0.717, 1.165) is 41.1 Å². The summed E-state index contributed by atoms with van der Waals surface area (Å²) in [5.74, 6) is 0.741. The van der Waals surface area contributed by atoms with Gasteiger partial charge in [0.05, 0.1) is 6.04 Å². The second kappa shape index (κ2) is 8.27. The maximum absolute atomic E-state index is 12.8. The number of aromatic nitrogens is 3. The summed E-state index contributed by atoms with van der Waals surface area (Å²) in [5.41, 5.74) is 4.35. The molecular formula is C24H24N4O. The normalized spacial score (nSPS) is 12.1. The number of fused-ring (bicyclic) bond motifs is 1. The average Bonchev–Trinajstić information content (AvgIpc) is 3.13. The van der Waals surface area contributed by atoms with Crippen LogP contribution in [-0.4, -0.2) is 20.4 Å². The summed E-state index contributed by atoms with van der Waals surface area (Å²) in [4.78, 5) is 22.1. The smallest absolute Gasteiger partial charge is 0.251 e. The molecule has 0 saturated carbocycles. The second-order valence-corrected chi connectivity index (χ2v) is 7.12. The molecule has 4 aromatic rings. The summed E-state index contributed by atoms with van der Waals surface area (Å²) >= 11 is 0. The van der Waals surface area contributed by atoms with Gasteiger partial charge in [-0.1, -0.05) is 49.4 Å². The van der Waals surface area contributed by atoms with Gasteiger partial charge in [-0.05, 0) is 43.2 Å². The molecule has 0 aliphatic carbocycles. The van der Waals surface area contributed by atoms with Crippen LogP contribution in [0.2, 0.25) is 0 Å². The number of benzene rings is 2. The van der Waals surface area contributed by atoms with E-state index < -0.39 is 0 Å². The van der Waals surface area contributed by atoms with E-state index in [9.17, 15) is 4.79 Å². The van der Waals surface area contributed by atoms with Gasteiger partial charge in [-0.15, -0.1) is 0 Å². The molecule has 0 spiro atoms. The minimum absolute atomic E-state index is 0.0683. The fourth-order valence-corrected chi connectivity index (χ4v) is 3.52. The van der Waals surface area contributed by atoms with Gasteiger partial charge in [0.25, 0.3) is 5.91 Å². The SMILES string of the molecule is CCCn1c(-c2cccc(C(=O)NC(C)c3ccccc3)c2)nc2cccnc21. The fourth-order valence-electron chi connectivity index (χ4n) is 3.52. The Morgan fingerprint density at radius 3 is 2.69 bits per heavy atom. The molecule has 29 heavy (non-hydrogen) atoms. The van der Waals surface area contributed by atoms with Gasteiger partial charge in [0.1, 0.15) is 11.3 Å². The third-order valence-corrected chi connectivity index (χ3v) is 4.98. The number of nitrogens with one attached hydrogen (secondary N) is 1. The van der Waals surface area contributed by atoms with E-state index in [1.54, 1.807) is 6.20 Å². The van der Waals surface area contributed by atoms with E-state index in [0.29, 0.717) is 5.56 Å². The lowest BCUT2D eigenvalue weighted by Gasteiger charge is -2.15. The Balaban J connectivity index is 1.65. The molecule has 4 rings (SSSR count). The van der Waals surface area contributed by atoms with Gasteiger partial charge >= 0.3 is 0 Å². The van der Waals surface area contributed by atoms with E-state index in [1.165, 1.54) is 0 Å². The first kappa shape index (κ1) is 18.9. The molecule has 2 aromatic carbocycles. The van der Waals surface area contributed by atoms with Gasteiger partial charge in [0, 0.05) is 23.9 Å². The number of amides is 1. The topological polar surface area (TPSA) is 59.8 Å². The largest absolute Gasteiger partial charge is 0.346 e. The first-order chi connectivity index (χ1) is 14.2. The van der Waals surface area contributed by atoms with Crippen LogP contribution < -0.4 is 5.32 Å². The highest BCUT2D eigenvalue weighted by Crippen LogP contribution is 2.25. The molecule has 0 bridgehead atoms. The maximum Gasteiger partial charge on any atom is 0.251 e. The highest BCUT2D eigenvalue weighted by Gasteiger charge is 2.16. The maximum atomic E-state index is 12.8. The molecule has 0 fully saturated rings. The van der Waals surface area contributed by atoms with Crippen molar-refractivity contribution >= 4 is 17.1 Å². The van der Waals surface area contributed by atoms with Crippen molar-refractivity contribution < 1.29 is 4.79 Å². The Kier molecular flexibility index (Phi) is 5.38. The van der Waals surface area contributed by atoms with E-state index in [2.05, 4.69) is 21.8 Å². The summed E-state index contributed by atoms with van der Waals surface area (Å²) in [5, 5.41) is 3.08. The Morgan fingerprint density at radius 2 is 1.90 bits per heavy atom. The Morgan fingerprint density at radius 1 is 1.07 bits per heavy atom. The zero-order valence-corrected chi connectivity index (χ0v) is 16.7. The number of imidazole rings is 1. The van der Waals surface area contributed by atoms with Crippen LogP contribution in [0.15, 0.2) is 72.9 Å². The Hall–Kier alpha value is -3.47. The molecule has 1 N–H and O–H groups in total. The summed E-state index contributed by atoms with van der Waals surface area (Å²) in [6.45, 7) is 4.95. The van der Waals surface area contributed by atoms with Crippen LogP contribution in [0.1, 0.15) is 42.2 Å². The predicted octanol–water partition coefficient (Wildman–Crippen LogP) is 5.00. The van der Waals surface area contributed by atoms with Gasteiger partial charge in [-0.25, -0.2) is 9.97 Å². The van der Waals surface area contributed by atoms with E-state index in [-0.39, 0.29) is 11.9 Å². The van der Waals surface area contributed by atoms with Gasteiger partial charge < -0.3 is 9.88 Å². The fraction of sp³-hybridized carbons (Fsp3) is 0.208. The number of aryl methyl sites for hydroxylation is 1. The molecular weight excluding hydrogens is 360 g/mol. The van der Waals surface area contributed by atoms with Crippen LogP contribution in [0.4, 0.5) is 0 Å². The van der Waals surface area contributed by atoms with Crippen LogP contribution in [0.25, 0.3) is 22.6 Å². The first-order valence-corrected chi connectivity index (χ1v) is 9.95. The number of hydrogen-bond donors (Lipinski definition) is 1. The van der Waals surface area contributed by atoms with Crippen LogP contribution in [0.5, 0.6) is 0 Å². The van der Waals surface area contributed by atoms with Gasteiger partial charge in [0.2, 0.25) is 0 Å². The average molecular weight is 384 g/mol. The van der Waals surface area contributed by atoms with Gasteiger partial charge in [0.15, 0.2) is 5.65 Å². The van der Waals surface area contributed by atoms with Crippen molar-refractivity contribution in [3.63, 3.8) is 0 Å². The summed E-state index contributed by atoms with van der Waals surface area (Å²) in [6, 6.07) is 21.4. The molecule has 0 aliphatic heterocycles. The van der Waals surface area contributed by atoms with Crippen LogP contribution in [-0.2, 0) is 6.54 Å². The standard InChI is InChI=1S/C24H24N4O/c1-3-15-28-22(27-21-13-8-14-25-23(21)28)19-11-7-12-20(16-19)24(29)26-17(2)18-9-5-4-6-10-18/h4-14,16-17H,3,15H2,1-2H3,(H,26,29). The highest BCUT2D eigenvalue weighted by molar-refractivity contribution is 5.95. The Labute approximate surface area is 170 Å².